The molecule has 2 rings (SSSR count). The van der Waals surface area contributed by atoms with Crippen molar-refractivity contribution >= 4 is 10.0 Å². The average Bonchev–Trinajstić information content (AvgIpc) is 2.63. The standard InChI is InChI=1S/C7H11N3O2S/c8-13(11,12)7-3-4-9-10(7)5-6-1-2-6/h3-4,6H,1-2,5H2,(H2,8,11,12). The summed E-state index contributed by atoms with van der Waals surface area (Å²) < 4.78 is 23.5. The Bertz CT molecular complexity index is 405. The molecule has 1 aromatic rings. The first-order valence-electron chi connectivity index (χ1n) is 4.12. The molecule has 1 fully saturated rings. The fourth-order valence-corrected chi connectivity index (χ4v) is 1.91. The van der Waals surface area contributed by atoms with Gasteiger partial charge in [-0.15, -0.1) is 0 Å². The van der Waals surface area contributed by atoms with E-state index in [1.54, 1.807) is 0 Å². The molecule has 1 heterocycles. The van der Waals surface area contributed by atoms with Crippen molar-refractivity contribution in [1.29, 1.82) is 0 Å². The topological polar surface area (TPSA) is 78.0 Å². The van der Waals surface area contributed by atoms with Crippen LogP contribution in [0.25, 0.3) is 0 Å². The van der Waals surface area contributed by atoms with Crippen molar-refractivity contribution in [3.8, 4) is 0 Å². The Morgan fingerprint density at radius 3 is 2.85 bits per heavy atom. The van der Waals surface area contributed by atoms with Crippen molar-refractivity contribution in [3.63, 3.8) is 0 Å². The molecule has 1 aromatic heterocycles. The van der Waals surface area contributed by atoms with Gasteiger partial charge in [0, 0.05) is 6.54 Å². The van der Waals surface area contributed by atoms with Crippen molar-refractivity contribution in [1.82, 2.24) is 9.78 Å². The molecule has 5 nitrogen and oxygen atoms in total. The van der Waals surface area contributed by atoms with E-state index < -0.39 is 10.0 Å². The smallest absolute Gasteiger partial charge is 0.253 e. The SMILES string of the molecule is NS(=O)(=O)c1ccnn1CC1CC1. The molecular formula is C7H11N3O2S. The van der Waals surface area contributed by atoms with Gasteiger partial charge in [-0.05, 0) is 24.8 Å². The van der Waals surface area contributed by atoms with Gasteiger partial charge in [0.1, 0.15) is 0 Å². The van der Waals surface area contributed by atoms with E-state index in [1.807, 2.05) is 0 Å². The van der Waals surface area contributed by atoms with Gasteiger partial charge in [-0.25, -0.2) is 13.6 Å². The highest BCUT2D eigenvalue weighted by molar-refractivity contribution is 7.89. The summed E-state index contributed by atoms with van der Waals surface area (Å²) in [4.78, 5) is 0. The molecule has 0 atom stereocenters. The maximum atomic E-state index is 11.0. The molecule has 72 valence electrons. The molecular weight excluding hydrogens is 190 g/mol. The molecule has 0 amide bonds. The minimum absolute atomic E-state index is 0.111. The first-order valence-corrected chi connectivity index (χ1v) is 5.66. The summed E-state index contributed by atoms with van der Waals surface area (Å²) in [5, 5.41) is 9.04. The third-order valence-corrected chi connectivity index (χ3v) is 3.03. The molecule has 0 saturated heterocycles. The zero-order valence-electron chi connectivity index (χ0n) is 7.05. The number of rotatable bonds is 3. The maximum absolute atomic E-state index is 11.0. The van der Waals surface area contributed by atoms with E-state index in [-0.39, 0.29) is 5.03 Å². The average molecular weight is 201 g/mol. The minimum Gasteiger partial charge on any atom is -0.253 e. The molecule has 13 heavy (non-hydrogen) atoms. The van der Waals surface area contributed by atoms with Gasteiger partial charge in [0.05, 0.1) is 6.20 Å². The Kier molecular flexibility index (Phi) is 1.88. The van der Waals surface area contributed by atoms with Crippen LogP contribution in [0.4, 0.5) is 0 Å². The van der Waals surface area contributed by atoms with Crippen LogP contribution in [-0.2, 0) is 16.6 Å². The molecule has 1 saturated carbocycles. The number of aromatic nitrogens is 2. The van der Waals surface area contributed by atoms with Crippen LogP contribution in [0.15, 0.2) is 17.3 Å². The summed E-state index contributed by atoms with van der Waals surface area (Å²) in [7, 11) is -3.61. The van der Waals surface area contributed by atoms with Gasteiger partial charge >= 0.3 is 0 Å². The number of primary sulfonamides is 1. The van der Waals surface area contributed by atoms with Crippen molar-refractivity contribution < 1.29 is 8.42 Å². The molecule has 0 unspecified atom stereocenters. The fourth-order valence-electron chi connectivity index (χ4n) is 1.24. The lowest BCUT2D eigenvalue weighted by Gasteiger charge is -2.03. The van der Waals surface area contributed by atoms with Crippen LogP contribution >= 0.6 is 0 Å². The largest absolute Gasteiger partial charge is 0.255 e. The second-order valence-corrected chi connectivity index (χ2v) is 4.85. The summed E-state index contributed by atoms with van der Waals surface area (Å²) >= 11 is 0. The second kappa shape index (κ2) is 2.81. The molecule has 2 N–H and O–H groups in total. The molecule has 6 heteroatoms. The fraction of sp³-hybridized carbons (Fsp3) is 0.571. The van der Waals surface area contributed by atoms with E-state index >= 15 is 0 Å². The summed E-state index contributed by atoms with van der Waals surface area (Å²) in [6.45, 7) is 0.665. The monoisotopic (exact) mass is 201 g/mol. The van der Waals surface area contributed by atoms with Crippen LogP contribution in [0, 0.1) is 5.92 Å². The van der Waals surface area contributed by atoms with Gasteiger partial charge in [0.2, 0.25) is 0 Å². The highest BCUT2D eigenvalue weighted by Crippen LogP contribution is 2.30. The zero-order chi connectivity index (χ0) is 9.47. The zero-order valence-corrected chi connectivity index (χ0v) is 7.87. The van der Waals surface area contributed by atoms with Crippen LogP contribution in [0.5, 0.6) is 0 Å². The van der Waals surface area contributed by atoms with E-state index in [2.05, 4.69) is 5.10 Å². The second-order valence-electron chi connectivity index (χ2n) is 3.34. The highest BCUT2D eigenvalue weighted by Gasteiger charge is 2.24. The Balaban J connectivity index is 2.29. The van der Waals surface area contributed by atoms with Crippen LogP contribution in [0.1, 0.15) is 12.8 Å². The predicted molar refractivity (Wildman–Crippen MR) is 46.3 cm³/mol. The number of sulfonamides is 1. The Hall–Kier alpha value is -0.880. The van der Waals surface area contributed by atoms with Gasteiger partial charge in [0.15, 0.2) is 5.03 Å². The molecule has 0 bridgehead atoms. The molecule has 1 aliphatic carbocycles. The summed E-state index contributed by atoms with van der Waals surface area (Å²) in [6.07, 6.45) is 3.77. The van der Waals surface area contributed by atoms with E-state index in [1.165, 1.54) is 16.9 Å². The van der Waals surface area contributed by atoms with Crippen LogP contribution in [0.3, 0.4) is 0 Å². The van der Waals surface area contributed by atoms with E-state index in [9.17, 15) is 8.42 Å². The van der Waals surface area contributed by atoms with E-state index in [0.29, 0.717) is 12.5 Å². The normalized spacial score (nSPS) is 17.6. The van der Waals surface area contributed by atoms with Crippen LogP contribution in [-0.4, -0.2) is 18.2 Å². The van der Waals surface area contributed by atoms with Crippen molar-refractivity contribution in [3.05, 3.63) is 12.3 Å². The lowest BCUT2D eigenvalue weighted by Crippen LogP contribution is -2.18. The number of nitrogens with two attached hydrogens (primary N) is 1. The first kappa shape index (κ1) is 8.71. The molecule has 0 aromatic carbocycles. The van der Waals surface area contributed by atoms with Crippen LogP contribution in [0.2, 0.25) is 0 Å². The number of hydrogen-bond donors (Lipinski definition) is 1. The van der Waals surface area contributed by atoms with Gasteiger partial charge in [-0.2, -0.15) is 5.10 Å². The van der Waals surface area contributed by atoms with Gasteiger partial charge in [0.25, 0.3) is 10.0 Å². The van der Waals surface area contributed by atoms with Gasteiger partial charge < -0.3 is 0 Å². The summed E-state index contributed by atoms with van der Waals surface area (Å²) in [5.74, 6) is 0.584. The third kappa shape index (κ3) is 1.89. The first-order chi connectivity index (χ1) is 6.07. The summed E-state index contributed by atoms with van der Waals surface area (Å²) in [6, 6.07) is 1.43. The van der Waals surface area contributed by atoms with Crippen molar-refractivity contribution in [2.24, 2.45) is 11.1 Å². The molecule has 0 spiro atoms. The molecule has 0 aliphatic heterocycles. The van der Waals surface area contributed by atoms with Crippen LogP contribution < -0.4 is 5.14 Å². The minimum atomic E-state index is -3.61. The van der Waals surface area contributed by atoms with E-state index in [0.717, 1.165) is 12.8 Å². The lowest BCUT2D eigenvalue weighted by atomic mass is 10.4. The quantitative estimate of drug-likeness (QED) is 0.744. The van der Waals surface area contributed by atoms with Crippen molar-refractivity contribution in [2.45, 2.75) is 24.4 Å². The van der Waals surface area contributed by atoms with E-state index in [4.69, 9.17) is 5.14 Å². The Morgan fingerprint density at radius 2 is 2.31 bits per heavy atom. The molecule has 0 radical (unpaired) electrons. The summed E-state index contributed by atoms with van der Waals surface area (Å²) in [5.41, 5.74) is 0. The Labute approximate surface area is 76.6 Å². The lowest BCUT2D eigenvalue weighted by molar-refractivity contribution is 0.507. The predicted octanol–water partition coefficient (Wildman–Crippen LogP) is -0.0595. The number of nitrogens with zero attached hydrogens (tertiary/aromatic N) is 2. The number of hydrogen-bond acceptors (Lipinski definition) is 3. The molecule has 1 aliphatic rings. The van der Waals surface area contributed by atoms with Crippen molar-refractivity contribution in [2.75, 3.05) is 0 Å². The Morgan fingerprint density at radius 1 is 1.62 bits per heavy atom. The third-order valence-electron chi connectivity index (χ3n) is 2.10. The van der Waals surface area contributed by atoms with Gasteiger partial charge in [-0.1, -0.05) is 0 Å². The van der Waals surface area contributed by atoms with Gasteiger partial charge in [-0.3, -0.25) is 4.68 Å². The maximum Gasteiger partial charge on any atom is 0.255 e. The highest BCUT2D eigenvalue weighted by atomic mass is 32.2.